The fraction of sp³-hybridized carbons (Fsp3) is 0.467. The first-order valence-corrected chi connectivity index (χ1v) is 7.16. The van der Waals surface area contributed by atoms with Crippen LogP contribution < -0.4 is 11.1 Å². The Morgan fingerprint density at radius 2 is 2.20 bits per heavy atom. The number of benzene rings is 1. The van der Waals surface area contributed by atoms with E-state index in [1.807, 2.05) is 24.5 Å². The van der Waals surface area contributed by atoms with Crippen molar-refractivity contribution < 1.29 is 4.79 Å². The van der Waals surface area contributed by atoms with Gasteiger partial charge in [0.1, 0.15) is 0 Å². The molecule has 1 saturated carbocycles. The predicted octanol–water partition coefficient (Wildman–Crippen LogP) is 1.42. The van der Waals surface area contributed by atoms with E-state index in [4.69, 9.17) is 5.73 Å². The van der Waals surface area contributed by atoms with Gasteiger partial charge >= 0.3 is 0 Å². The number of nitrogens with zero attached hydrogens (tertiary/aromatic N) is 2. The van der Waals surface area contributed by atoms with E-state index in [0.717, 1.165) is 43.3 Å². The summed E-state index contributed by atoms with van der Waals surface area (Å²) in [6.07, 6.45) is 5.41. The summed E-state index contributed by atoms with van der Waals surface area (Å²) < 4.78 is 2.11. The zero-order valence-corrected chi connectivity index (χ0v) is 11.5. The minimum absolute atomic E-state index is 0.000704. The molecular weight excluding hydrogens is 252 g/mol. The Kier molecular flexibility index (Phi) is 3.44. The van der Waals surface area contributed by atoms with E-state index >= 15 is 0 Å². The van der Waals surface area contributed by atoms with Gasteiger partial charge in [-0.1, -0.05) is 12.1 Å². The molecular formula is C15H20N4O. The van der Waals surface area contributed by atoms with Gasteiger partial charge in [0, 0.05) is 13.1 Å². The van der Waals surface area contributed by atoms with Gasteiger partial charge in [-0.05, 0) is 37.8 Å². The summed E-state index contributed by atoms with van der Waals surface area (Å²) >= 11 is 0. The highest BCUT2D eigenvalue weighted by Crippen LogP contribution is 2.28. The van der Waals surface area contributed by atoms with Crippen molar-refractivity contribution in [3.8, 4) is 0 Å². The molecule has 1 aliphatic carbocycles. The molecule has 1 aliphatic rings. The second kappa shape index (κ2) is 5.25. The number of rotatable bonds is 5. The van der Waals surface area contributed by atoms with Crippen LogP contribution >= 0.6 is 0 Å². The quantitative estimate of drug-likeness (QED) is 0.809. The van der Waals surface area contributed by atoms with Crippen molar-refractivity contribution >= 4 is 16.9 Å². The summed E-state index contributed by atoms with van der Waals surface area (Å²) in [6.45, 7) is 1.50. The van der Waals surface area contributed by atoms with E-state index in [0.29, 0.717) is 6.54 Å². The molecule has 0 aliphatic heterocycles. The zero-order chi connectivity index (χ0) is 14.0. The molecule has 5 heteroatoms. The molecule has 2 aromatic rings. The number of nitrogens with one attached hydrogen (secondary N) is 1. The second-order valence-corrected chi connectivity index (χ2v) is 5.55. The minimum Gasteiger partial charge on any atom is -0.354 e. The number of imidazole rings is 1. The summed E-state index contributed by atoms with van der Waals surface area (Å²) in [4.78, 5) is 16.2. The fourth-order valence-corrected chi connectivity index (χ4v) is 2.60. The molecule has 1 aromatic carbocycles. The normalized spacial score (nSPS) is 16.9. The summed E-state index contributed by atoms with van der Waals surface area (Å²) in [5, 5.41) is 2.94. The Hall–Kier alpha value is -1.88. The topological polar surface area (TPSA) is 72.9 Å². The molecule has 3 rings (SSSR count). The minimum atomic E-state index is -0.596. The highest BCUT2D eigenvalue weighted by Gasteiger charge is 2.39. The number of carbonyl (C=O) groups is 1. The molecule has 5 nitrogen and oxygen atoms in total. The fourth-order valence-electron chi connectivity index (χ4n) is 2.60. The molecule has 0 radical (unpaired) electrons. The van der Waals surface area contributed by atoms with Crippen molar-refractivity contribution in [2.24, 2.45) is 5.73 Å². The number of aromatic nitrogens is 2. The van der Waals surface area contributed by atoms with Crippen molar-refractivity contribution in [1.82, 2.24) is 14.9 Å². The lowest BCUT2D eigenvalue weighted by molar-refractivity contribution is -0.129. The first kappa shape index (κ1) is 13.1. The average molecular weight is 272 g/mol. The van der Waals surface area contributed by atoms with Crippen LogP contribution in [0.3, 0.4) is 0 Å². The Bertz CT molecular complexity index is 615. The second-order valence-electron chi connectivity index (χ2n) is 5.55. The van der Waals surface area contributed by atoms with Gasteiger partial charge in [0.15, 0.2) is 0 Å². The molecule has 1 amide bonds. The van der Waals surface area contributed by atoms with Gasteiger partial charge in [0.05, 0.1) is 22.9 Å². The first-order valence-electron chi connectivity index (χ1n) is 7.16. The standard InChI is InChI=1S/C15H20N4O/c16-15(7-3-8-15)14(20)17-9-4-10-19-11-18-12-5-1-2-6-13(12)19/h1-2,5-6,11H,3-4,7-10,16H2,(H,17,20). The SMILES string of the molecule is NC1(C(=O)NCCCn2cnc3ccccc32)CCC1. The molecule has 0 saturated heterocycles. The van der Waals surface area contributed by atoms with Crippen LogP contribution in [0.25, 0.3) is 11.0 Å². The molecule has 0 unspecified atom stereocenters. The van der Waals surface area contributed by atoms with Gasteiger partial charge in [-0.2, -0.15) is 0 Å². The van der Waals surface area contributed by atoms with Gasteiger partial charge in [-0.3, -0.25) is 4.79 Å². The molecule has 20 heavy (non-hydrogen) atoms. The number of hydrogen-bond donors (Lipinski definition) is 2. The first-order chi connectivity index (χ1) is 9.69. The van der Waals surface area contributed by atoms with Crippen molar-refractivity contribution in [2.45, 2.75) is 37.8 Å². The molecule has 1 heterocycles. The number of amides is 1. The monoisotopic (exact) mass is 272 g/mol. The van der Waals surface area contributed by atoms with Crippen molar-refractivity contribution in [3.05, 3.63) is 30.6 Å². The maximum absolute atomic E-state index is 11.9. The molecule has 3 N–H and O–H groups in total. The maximum Gasteiger partial charge on any atom is 0.240 e. The van der Waals surface area contributed by atoms with Gasteiger partial charge in [-0.25, -0.2) is 4.98 Å². The summed E-state index contributed by atoms with van der Waals surface area (Å²) in [5.41, 5.74) is 7.51. The number of carbonyl (C=O) groups excluding carboxylic acids is 1. The lowest BCUT2D eigenvalue weighted by Gasteiger charge is -2.36. The van der Waals surface area contributed by atoms with Crippen LogP contribution in [0.5, 0.6) is 0 Å². The molecule has 106 valence electrons. The molecule has 0 atom stereocenters. The summed E-state index contributed by atoms with van der Waals surface area (Å²) in [6, 6.07) is 8.06. The summed E-state index contributed by atoms with van der Waals surface area (Å²) in [5.74, 6) is -0.000704. The predicted molar refractivity (Wildman–Crippen MR) is 78.1 cm³/mol. The summed E-state index contributed by atoms with van der Waals surface area (Å²) in [7, 11) is 0. The van der Waals surface area contributed by atoms with Gasteiger partial charge in [0.2, 0.25) is 5.91 Å². The van der Waals surface area contributed by atoms with Crippen LogP contribution in [0.1, 0.15) is 25.7 Å². The lowest BCUT2D eigenvalue weighted by atomic mass is 9.77. The Morgan fingerprint density at radius 3 is 2.95 bits per heavy atom. The third-order valence-corrected chi connectivity index (χ3v) is 4.09. The highest BCUT2D eigenvalue weighted by atomic mass is 16.2. The van der Waals surface area contributed by atoms with Gasteiger partial charge in [0.25, 0.3) is 0 Å². The van der Waals surface area contributed by atoms with Crippen LogP contribution in [0.2, 0.25) is 0 Å². The smallest absolute Gasteiger partial charge is 0.240 e. The molecule has 0 bridgehead atoms. The van der Waals surface area contributed by atoms with E-state index in [-0.39, 0.29) is 5.91 Å². The third-order valence-electron chi connectivity index (χ3n) is 4.09. The Labute approximate surface area is 118 Å². The molecule has 0 spiro atoms. The van der Waals surface area contributed by atoms with E-state index in [9.17, 15) is 4.79 Å². The van der Waals surface area contributed by atoms with Gasteiger partial charge in [-0.15, -0.1) is 0 Å². The van der Waals surface area contributed by atoms with Crippen molar-refractivity contribution in [2.75, 3.05) is 6.54 Å². The van der Waals surface area contributed by atoms with Crippen LogP contribution in [-0.2, 0) is 11.3 Å². The zero-order valence-electron chi connectivity index (χ0n) is 11.5. The van der Waals surface area contributed by atoms with E-state index in [1.54, 1.807) is 0 Å². The van der Waals surface area contributed by atoms with Crippen molar-refractivity contribution in [3.63, 3.8) is 0 Å². The molecule has 1 aromatic heterocycles. The number of nitrogens with two attached hydrogens (primary N) is 1. The maximum atomic E-state index is 11.9. The molecule has 1 fully saturated rings. The van der Waals surface area contributed by atoms with Crippen LogP contribution in [0.4, 0.5) is 0 Å². The number of aryl methyl sites for hydroxylation is 1. The van der Waals surface area contributed by atoms with E-state index < -0.39 is 5.54 Å². The van der Waals surface area contributed by atoms with Crippen LogP contribution in [0, 0.1) is 0 Å². The van der Waals surface area contributed by atoms with E-state index in [1.165, 1.54) is 0 Å². The Morgan fingerprint density at radius 1 is 1.40 bits per heavy atom. The largest absolute Gasteiger partial charge is 0.354 e. The number of fused-ring (bicyclic) bond motifs is 1. The lowest BCUT2D eigenvalue weighted by Crippen LogP contribution is -2.58. The Balaban J connectivity index is 1.49. The van der Waals surface area contributed by atoms with Crippen LogP contribution in [-0.4, -0.2) is 27.5 Å². The van der Waals surface area contributed by atoms with Crippen LogP contribution in [0.15, 0.2) is 30.6 Å². The van der Waals surface area contributed by atoms with Crippen molar-refractivity contribution in [1.29, 1.82) is 0 Å². The number of para-hydroxylation sites is 2. The number of hydrogen-bond acceptors (Lipinski definition) is 3. The van der Waals surface area contributed by atoms with Gasteiger partial charge < -0.3 is 15.6 Å². The average Bonchev–Trinajstić information content (AvgIpc) is 2.84. The highest BCUT2D eigenvalue weighted by molar-refractivity contribution is 5.86. The third kappa shape index (κ3) is 2.41. The van der Waals surface area contributed by atoms with E-state index in [2.05, 4.69) is 20.9 Å².